The molecule has 0 bridgehead atoms. The van der Waals surface area contributed by atoms with Gasteiger partial charge in [0.2, 0.25) is 0 Å². The van der Waals surface area contributed by atoms with Gasteiger partial charge < -0.3 is 19.5 Å². The maximum absolute atomic E-state index is 13.9. The lowest BCUT2D eigenvalue weighted by molar-refractivity contribution is -0.112. The summed E-state index contributed by atoms with van der Waals surface area (Å²) in [6.45, 7) is 2.18. The zero-order valence-corrected chi connectivity index (χ0v) is 19.2. The quantitative estimate of drug-likeness (QED) is 0.262. The molecule has 0 atom stereocenters. The van der Waals surface area contributed by atoms with Crippen molar-refractivity contribution in [3.8, 4) is 17.6 Å². The highest BCUT2D eigenvalue weighted by atomic mass is 19.1. The second kappa shape index (κ2) is 12.0. The van der Waals surface area contributed by atoms with Crippen LogP contribution in [0.15, 0.2) is 72.3 Å². The van der Waals surface area contributed by atoms with Gasteiger partial charge in [-0.05, 0) is 61.0 Å². The van der Waals surface area contributed by atoms with Crippen LogP contribution >= 0.6 is 0 Å². The number of nitrogens with one attached hydrogen (secondary N) is 1. The number of halogens is 1. The molecule has 0 fully saturated rings. The lowest BCUT2D eigenvalue weighted by atomic mass is 10.1. The number of anilines is 1. The van der Waals surface area contributed by atoms with Gasteiger partial charge in [0.1, 0.15) is 24.1 Å². The van der Waals surface area contributed by atoms with Crippen molar-refractivity contribution in [2.45, 2.75) is 13.5 Å². The first kappa shape index (κ1) is 25.0. The molecule has 0 aromatic heterocycles. The van der Waals surface area contributed by atoms with Gasteiger partial charge in [0, 0.05) is 11.3 Å². The highest BCUT2D eigenvalue weighted by molar-refractivity contribution is 6.09. The van der Waals surface area contributed by atoms with Gasteiger partial charge in [-0.1, -0.05) is 24.3 Å². The second-order valence-electron chi connectivity index (χ2n) is 7.21. The molecule has 0 spiro atoms. The molecule has 3 aromatic carbocycles. The van der Waals surface area contributed by atoms with E-state index < -0.39 is 11.9 Å². The number of nitrogens with zero attached hydrogens (tertiary/aromatic N) is 1. The van der Waals surface area contributed by atoms with E-state index >= 15 is 0 Å². The van der Waals surface area contributed by atoms with Crippen LogP contribution in [-0.2, 0) is 16.1 Å². The van der Waals surface area contributed by atoms with Crippen LogP contribution in [0, 0.1) is 17.1 Å². The van der Waals surface area contributed by atoms with Crippen molar-refractivity contribution in [1.29, 1.82) is 5.26 Å². The summed E-state index contributed by atoms with van der Waals surface area (Å²) in [5.74, 6) is -0.674. The largest absolute Gasteiger partial charge is 0.490 e. The second-order valence-corrected chi connectivity index (χ2v) is 7.21. The summed E-state index contributed by atoms with van der Waals surface area (Å²) in [5, 5.41) is 12.1. The van der Waals surface area contributed by atoms with Crippen molar-refractivity contribution in [3.05, 3.63) is 94.8 Å². The van der Waals surface area contributed by atoms with Gasteiger partial charge in [-0.3, -0.25) is 4.79 Å². The molecule has 8 heteroatoms. The lowest BCUT2D eigenvalue weighted by Crippen LogP contribution is -2.13. The van der Waals surface area contributed by atoms with E-state index in [0.717, 1.165) is 0 Å². The Labute approximate surface area is 202 Å². The Morgan fingerprint density at radius 3 is 2.43 bits per heavy atom. The number of ether oxygens (including phenoxy) is 3. The number of amides is 1. The number of hydrogen-bond acceptors (Lipinski definition) is 6. The first-order chi connectivity index (χ1) is 16.9. The van der Waals surface area contributed by atoms with E-state index in [4.69, 9.17) is 9.47 Å². The van der Waals surface area contributed by atoms with Crippen molar-refractivity contribution in [2.75, 3.05) is 19.0 Å². The van der Waals surface area contributed by atoms with Crippen molar-refractivity contribution in [1.82, 2.24) is 0 Å². The highest BCUT2D eigenvalue weighted by Gasteiger charge is 2.13. The van der Waals surface area contributed by atoms with Crippen LogP contribution in [-0.4, -0.2) is 25.6 Å². The normalized spacial score (nSPS) is 10.7. The Morgan fingerprint density at radius 1 is 1.03 bits per heavy atom. The topological polar surface area (TPSA) is 97.7 Å². The number of rotatable bonds is 9. The summed E-state index contributed by atoms with van der Waals surface area (Å²) in [5.41, 5.74) is 1.56. The van der Waals surface area contributed by atoms with E-state index in [2.05, 4.69) is 10.1 Å². The summed E-state index contributed by atoms with van der Waals surface area (Å²) in [4.78, 5) is 24.1. The predicted octanol–water partition coefficient (Wildman–Crippen LogP) is 5.14. The fourth-order valence-electron chi connectivity index (χ4n) is 3.09. The fraction of sp³-hybridized carbons (Fsp3) is 0.148. The van der Waals surface area contributed by atoms with E-state index in [1.165, 1.54) is 43.5 Å². The first-order valence-corrected chi connectivity index (χ1v) is 10.7. The number of nitriles is 1. The maximum atomic E-state index is 13.9. The zero-order valence-electron chi connectivity index (χ0n) is 19.2. The molecule has 0 aliphatic carbocycles. The van der Waals surface area contributed by atoms with Gasteiger partial charge in [-0.15, -0.1) is 0 Å². The molecule has 178 valence electrons. The van der Waals surface area contributed by atoms with Gasteiger partial charge in [-0.25, -0.2) is 9.18 Å². The molecule has 0 radical (unpaired) electrons. The summed E-state index contributed by atoms with van der Waals surface area (Å²) >= 11 is 0. The van der Waals surface area contributed by atoms with Crippen molar-refractivity contribution in [2.24, 2.45) is 0 Å². The summed E-state index contributed by atoms with van der Waals surface area (Å²) < 4.78 is 29.9. The van der Waals surface area contributed by atoms with Gasteiger partial charge in [0.15, 0.2) is 11.5 Å². The third-order valence-electron chi connectivity index (χ3n) is 4.85. The average molecular weight is 474 g/mol. The van der Waals surface area contributed by atoms with Gasteiger partial charge in [0.25, 0.3) is 5.91 Å². The molecule has 0 aliphatic rings. The smallest absolute Gasteiger partial charge is 0.337 e. The van der Waals surface area contributed by atoms with Crippen molar-refractivity contribution < 1.29 is 28.2 Å². The number of benzene rings is 3. The minimum Gasteiger partial charge on any atom is -0.490 e. The molecular formula is C27H23FN2O5. The van der Waals surface area contributed by atoms with Gasteiger partial charge in [0.05, 0.1) is 19.3 Å². The molecule has 0 unspecified atom stereocenters. The molecule has 3 rings (SSSR count). The van der Waals surface area contributed by atoms with E-state index in [9.17, 15) is 19.2 Å². The fourth-order valence-corrected chi connectivity index (χ4v) is 3.09. The Kier molecular flexibility index (Phi) is 8.57. The lowest BCUT2D eigenvalue weighted by Gasteiger charge is -2.13. The molecule has 35 heavy (non-hydrogen) atoms. The minimum atomic E-state index is -0.615. The summed E-state index contributed by atoms with van der Waals surface area (Å²) in [6, 6.07) is 19.2. The Hall–Kier alpha value is -4.64. The van der Waals surface area contributed by atoms with Crippen LogP contribution in [0.4, 0.5) is 10.1 Å². The number of methoxy groups -OCH3 is 1. The third kappa shape index (κ3) is 6.68. The molecule has 3 aromatic rings. The summed E-state index contributed by atoms with van der Waals surface area (Å²) in [6.07, 6.45) is 1.42. The maximum Gasteiger partial charge on any atom is 0.337 e. The molecule has 0 saturated heterocycles. The van der Waals surface area contributed by atoms with Gasteiger partial charge >= 0.3 is 5.97 Å². The first-order valence-electron chi connectivity index (χ1n) is 10.7. The molecule has 1 N–H and O–H groups in total. The van der Waals surface area contributed by atoms with Crippen LogP contribution in [0.1, 0.15) is 28.4 Å². The minimum absolute atomic E-state index is 0.0164. The molecular weight excluding hydrogens is 451 g/mol. The van der Waals surface area contributed by atoms with E-state index in [-0.39, 0.29) is 18.0 Å². The Bertz CT molecular complexity index is 1280. The van der Waals surface area contributed by atoms with Crippen LogP contribution in [0.5, 0.6) is 11.5 Å². The molecule has 1 amide bonds. The van der Waals surface area contributed by atoms with Crippen molar-refractivity contribution >= 4 is 23.6 Å². The highest BCUT2D eigenvalue weighted by Crippen LogP contribution is 2.30. The molecule has 0 heterocycles. The standard InChI is InChI=1S/C27H23FN2O5/c1-3-34-25-15-18(8-13-24(25)35-17-20-6-4-5-7-23(20)28)14-21(16-29)26(31)30-22-11-9-19(10-12-22)27(32)33-2/h4-15H,3,17H2,1-2H3,(H,30,31)/b21-14+. The third-order valence-corrected chi connectivity index (χ3v) is 4.85. The van der Waals surface area contributed by atoms with Crippen LogP contribution in [0.25, 0.3) is 6.08 Å². The summed E-state index contributed by atoms with van der Waals surface area (Å²) in [7, 11) is 1.28. The molecule has 0 aliphatic heterocycles. The van der Waals surface area contributed by atoms with E-state index in [1.807, 2.05) is 13.0 Å². The van der Waals surface area contributed by atoms with E-state index in [1.54, 1.807) is 36.4 Å². The SMILES string of the molecule is CCOc1cc(/C=C(\C#N)C(=O)Nc2ccc(C(=O)OC)cc2)ccc1OCc1ccccc1F. The Morgan fingerprint density at radius 2 is 1.77 bits per heavy atom. The number of carbonyl (C=O) groups excluding carboxylic acids is 2. The van der Waals surface area contributed by atoms with E-state index in [0.29, 0.717) is 40.5 Å². The average Bonchev–Trinajstić information content (AvgIpc) is 2.87. The molecule has 0 saturated carbocycles. The number of hydrogen-bond donors (Lipinski definition) is 1. The zero-order chi connectivity index (χ0) is 25.2. The predicted molar refractivity (Wildman–Crippen MR) is 128 cm³/mol. The van der Waals surface area contributed by atoms with Crippen LogP contribution in [0.3, 0.4) is 0 Å². The number of carbonyl (C=O) groups is 2. The van der Waals surface area contributed by atoms with Crippen LogP contribution < -0.4 is 14.8 Å². The van der Waals surface area contributed by atoms with Crippen molar-refractivity contribution in [3.63, 3.8) is 0 Å². The monoisotopic (exact) mass is 474 g/mol. The van der Waals surface area contributed by atoms with Crippen LogP contribution in [0.2, 0.25) is 0 Å². The Balaban J connectivity index is 1.76. The number of esters is 1. The van der Waals surface area contributed by atoms with Gasteiger partial charge in [-0.2, -0.15) is 5.26 Å². The molecule has 7 nitrogen and oxygen atoms in total.